The fourth-order valence-electron chi connectivity index (χ4n) is 2.63. The molecule has 1 fully saturated rings. The first kappa shape index (κ1) is 21.5. The summed E-state index contributed by atoms with van der Waals surface area (Å²) in [5.41, 5.74) is 2.69. The molecule has 0 aliphatic carbocycles. The van der Waals surface area contributed by atoms with E-state index in [0.717, 1.165) is 16.8 Å². The monoisotopic (exact) mass is 490 g/mol. The maximum atomic E-state index is 12.3. The van der Waals surface area contributed by atoms with E-state index < -0.39 is 0 Å². The van der Waals surface area contributed by atoms with E-state index in [4.69, 9.17) is 17.0 Å². The molecular formula is C21H19BrN2O3S2. The first-order chi connectivity index (χ1) is 13.9. The van der Waals surface area contributed by atoms with E-state index >= 15 is 0 Å². The van der Waals surface area contributed by atoms with Gasteiger partial charge in [0.05, 0.1) is 9.38 Å². The molecule has 1 saturated heterocycles. The van der Waals surface area contributed by atoms with Gasteiger partial charge in [-0.2, -0.15) is 0 Å². The van der Waals surface area contributed by atoms with Crippen molar-refractivity contribution in [2.24, 2.45) is 0 Å². The van der Waals surface area contributed by atoms with Gasteiger partial charge in [0.2, 0.25) is 0 Å². The van der Waals surface area contributed by atoms with Gasteiger partial charge in [0.15, 0.2) is 6.61 Å². The minimum absolute atomic E-state index is 0.0771. The molecule has 8 heteroatoms. The van der Waals surface area contributed by atoms with Crippen LogP contribution in [0.1, 0.15) is 18.1 Å². The van der Waals surface area contributed by atoms with Gasteiger partial charge in [0, 0.05) is 12.2 Å². The van der Waals surface area contributed by atoms with Gasteiger partial charge in [0.1, 0.15) is 10.1 Å². The Labute approximate surface area is 187 Å². The average Bonchev–Trinajstić information content (AvgIpc) is 2.95. The molecule has 0 unspecified atom stereocenters. The molecule has 150 valence electrons. The minimum Gasteiger partial charge on any atom is -0.483 e. The predicted molar refractivity (Wildman–Crippen MR) is 125 cm³/mol. The highest BCUT2D eigenvalue weighted by Gasteiger charge is 2.30. The van der Waals surface area contributed by atoms with E-state index in [1.807, 2.05) is 50.2 Å². The van der Waals surface area contributed by atoms with Crippen molar-refractivity contribution < 1.29 is 14.3 Å². The lowest BCUT2D eigenvalue weighted by atomic mass is 10.2. The van der Waals surface area contributed by atoms with Gasteiger partial charge in [-0.05, 0) is 65.7 Å². The van der Waals surface area contributed by atoms with Crippen LogP contribution in [0.2, 0.25) is 0 Å². The van der Waals surface area contributed by atoms with E-state index in [1.54, 1.807) is 17.0 Å². The molecule has 0 atom stereocenters. The lowest BCUT2D eigenvalue weighted by Crippen LogP contribution is -2.27. The zero-order valence-corrected chi connectivity index (χ0v) is 19.1. The molecule has 1 aliphatic heterocycles. The van der Waals surface area contributed by atoms with Crippen molar-refractivity contribution in [1.82, 2.24) is 4.90 Å². The number of anilines is 1. The van der Waals surface area contributed by atoms with Gasteiger partial charge in [-0.15, -0.1) is 0 Å². The molecule has 2 amide bonds. The molecule has 0 radical (unpaired) electrons. The van der Waals surface area contributed by atoms with Crippen molar-refractivity contribution >= 4 is 67.8 Å². The number of hydrogen-bond acceptors (Lipinski definition) is 5. The Bertz CT molecular complexity index is 990. The van der Waals surface area contributed by atoms with Crippen molar-refractivity contribution in [3.63, 3.8) is 0 Å². The third kappa shape index (κ3) is 5.46. The Kier molecular flexibility index (Phi) is 7.10. The molecule has 1 heterocycles. The van der Waals surface area contributed by atoms with Crippen LogP contribution >= 0.6 is 39.9 Å². The summed E-state index contributed by atoms with van der Waals surface area (Å²) < 4.78 is 6.88. The Hall–Kier alpha value is -2.16. The number of likely N-dealkylation sites (N-methyl/N-ethyl adjacent to an activating group) is 1. The maximum absolute atomic E-state index is 12.3. The van der Waals surface area contributed by atoms with Crippen molar-refractivity contribution in [1.29, 1.82) is 0 Å². The first-order valence-electron chi connectivity index (χ1n) is 8.91. The van der Waals surface area contributed by atoms with Crippen LogP contribution in [0, 0.1) is 6.92 Å². The number of ether oxygens (including phenoxy) is 1. The molecule has 2 aromatic carbocycles. The molecular weight excluding hydrogens is 472 g/mol. The summed E-state index contributed by atoms with van der Waals surface area (Å²) in [4.78, 5) is 26.6. The van der Waals surface area contributed by atoms with Gasteiger partial charge in [-0.25, -0.2) is 0 Å². The number of thioether (sulfide) groups is 1. The number of rotatable bonds is 6. The van der Waals surface area contributed by atoms with Crippen LogP contribution in [0.25, 0.3) is 6.08 Å². The van der Waals surface area contributed by atoms with Gasteiger partial charge in [-0.1, -0.05) is 47.7 Å². The zero-order chi connectivity index (χ0) is 21.0. The summed E-state index contributed by atoms with van der Waals surface area (Å²) >= 11 is 9.99. The predicted octanol–water partition coefficient (Wildman–Crippen LogP) is 5.00. The fraction of sp³-hybridized carbons (Fsp3) is 0.190. The second-order valence-electron chi connectivity index (χ2n) is 6.32. The average molecular weight is 491 g/mol. The lowest BCUT2D eigenvalue weighted by Gasteiger charge is -2.10. The number of carbonyl (C=O) groups is 2. The third-order valence-electron chi connectivity index (χ3n) is 4.14. The number of hydrogen-bond donors (Lipinski definition) is 1. The quantitative estimate of drug-likeness (QED) is 0.456. The molecule has 0 spiro atoms. The van der Waals surface area contributed by atoms with Gasteiger partial charge < -0.3 is 10.1 Å². The molecule has 3 rings (SSSR count). The normalized spacial score (nSPS) is 15.1. The highest BCUT2D eigenvalue weighted by atomic mass is 79.9. The highest BCUT2D eigenvalue weighted by Crippen LogP contribution is 2.33. The Morgan fingerprint density at radius 2 is 2.00 bits per heavy atom. The van der Waals surface area contributed by atoms with Gasteiger partial charge >= 0.3 is 0 Å². The van der Waals surface area contributed by atoms with Gasteiger partial charge in [0.25, 0.3) is 11.8 Å². The van der Waals surface area contributed by atoms with Crippen LogP contribution in [0.15, 0.2) is 51.8 Å². The summed E-state index contributed by atoms with van der Waals surface area (Å²) in [6.45, 7) is 4.33. The topological polar surface area (TPSA) is 58.6 Å². The number of carbonyl (C=O) groups excluding carboxylic acids is 2. The molecule has 0 saturated carbocycles. The Morgan fingerprint density at radius 3 is 2.62 bits per heavy atom. The van der Waals surface area contributed by atoms with Crippen molar-refractivity contribution in [2.45, 2.75) is 13.8 Å². The number of aryl methyl sites for hydroxylation is 1. The maximum Gasteiger partial charge on any atom is 0.266 e. The van der Waals surface area contributed by atoms with Gasteiger partial charge in [-0.3, -0.25) is 14.5 Å². The van der Waals surface area contributed by atoms with E-state index in [2.05, 4.69) is 21.2 Å². The molecule has 1 aliphatic rings. The molecule has 29 heavy (non-hydrogen) atoms. The lowest BCUT2D eigenvalue weighted by molar-refractivity contribution is -0.122. The van der Waals surface area contributed by atoms with Crippen LogP contribution < -0.4 is 10.1 Å². The van der Waals surface area contributed by atoms with E-state index in [0.29, 0.717) is 26.0 Å². The second kappa shape index (κ2) is 9.56. The van der Waals surface area contributed by atoms with Crippen LogP contribution in [0.4, 0.5) is 5.69 Å². The number of benzene rings is 2. The van der Waals surface area contributed by atoms with Crippen molar-refractivity contribution in [3.05, 3.63) is 63.0 Å². The number of amides is 2. The van der Waals surface area contributed by atoms with Crippen LogP contribution in [-0.4, -0.2) is 34.2 Å². The standard InChI is InChI=1S/C21H19BrN2O3S2/c1-3-24-20(26)18(29-21(24)28)11-14-6-9-17(16(22)10-14)27-12-19(25)23-15-7-4-13(2)5-8-15/h4-11H,3,12H2,1-2H3,(H,23,25). The molecule has 5 nitrogen and oxygen atoms in total. The number of nitrogens with one attached hydrogen (secondary N) is 1. The smallest absolute Gasteiger partial charge is 0.266 e. The Morgan fingerprint density at radius 1 is 1.28 bits per heavy atom. The summed E-state index contributed by atoms with van der Waals surface area (Å²) in [5.74, 6) is 0.224. The van der Waals surface area contributed by atoms with Crippen molar-refractivity contribution in [2.75, 3.05) is 18.5 Å². The largest absolute Gasteiger partial charge is 0.483 e. The third-order valence-corrected chi connectivity index (χ3v) is 6.14. The number of halogens is 1. The van der Waals surface area contributed by atoms with Crippen LogP contribution in [-0.2, 0) is 9.59 Å². The molecule has 0 aromatic heterocycles. The summed E-state index contributed by atoms with van der Waals surface area (Å²) in [6, 6.07) is 13.0. The molecule has 1 N–H and O–H groups in total. The minimum atomic E-state index is -0.243. The van der Waals surface area contributed by atoms with E-state index in [-0.39, 0.29) is 18.4 Å². The highest BCUT2D eigenvalue weighted by molar-refractivity contribution is 9.10. The molecule has 2 aromatic rings. The van der Waals surface area contributed by atoms with Crippen LogP contribution in [0.3, 0.4) is 0 Å². The van der Waals surface area contributed by atoms with E-state index in [1.165, 1.54) is 11.8 Å². The number of nitrogens with zero attached hydrogens (tertiary/aromatic N) is 1. The fourth-order valence-corrected chi connectivity index (χ4v) is 4.52. The first-order valence-corrected chi connectivity index (χ1v) is 10.9. The Balaban J connectivity index is 1.62. The summed E-state index contributed by atoms with van der Waals surface area (Å²) in [6.07, 6.45) is 1.80. The zero-order valence-electron chi connectivity index (χ0n) is 15.9. The SMILES string of the molecule is CCN1C(=O)C(=Cc2ccc(OCC(=O)Nc3ccc(C)cc3)c(Br)c2)SC1=S. The van der Waals surface area contributed by atoms with Crippen LogP contribution in [0.5, 0.6) is 5.75 Å². The van der Waals surface area contributed by atoms with E-state index in [9.17, 15) is 9.59 Å². The summed E-state index contributed by atoms with van der Waals surface area (Å²) in [7, 11) is 0. The second-order valence-corrected chi connectivity index (χ2v) is 8.85. The molecule has 0 bridgehead atoms. The number of thiocarbonyl (C=S) groups is 1. The van der Waals surface area contributed by atoms with Crippen molar-refractivity contribution in [3.8, 4) is 5.75 Å². The summed E-state index contributed by atoms with van der Waals surface area (Å²) in [5, 5.41) is 2.79.